The van der Waals surface area contributed by atoms with Crippen molar-refractivity contribution in [2.75, 3.05) is 13.1 Å². The van der Waals surface area contributed by atoms with Gasteiger partial charge in [0.05, 0.1) is 0 Å². The van der Waals surface area contributed by atoms with Crippen LogP contribution in [0.2, 0.25) is 0 Å². The second kappa shape index (κ2) is 3.15. The van der Waals surface area contributed by atoms with Crippen molar-refractivity contribution in [2.45, 2.75) is 24.9 Å². The van der Waals surface area contributed by atoms with Crippen molar-refractivity contribution < 1.29 is 4.39 Å². The van der Waals surface area contributed by atoms with Gasteiger partial charge >= 0.3 is 0 Å². The molecule has 1 saturated heterocycles. The van der Waals surface area contributed by atoms with Gasteiger partial charge in [-0.25, -0.2) is 4.39 Å². The molecule has 1 heterocycles. The molecule has 1 nitrogen and oxygen atoms in total. The van der Waals surface area contributed by atoms with E-state index in [1.807, 2.05) is 0 Å². The Kier molecular flexibility index (Phi) is 2.44. The van der Waals surface area contributed by atoms with E-state index in [1.165, 1.54) is 0 Å². The average molecular weight is 143 g/mol. The molecule has 0 amide bonds. The molecule has 1 aliphatic heterocycles. The average Bonchev–Trinajstić information content (AvgIpc) is 1.89. The molecule has 1 aliphatic rings. The first kappa shape index (κ1) is 7.73. The molecule has 0 spiro atoms. The lowest BCUT2D eigenvalue weighted by Crippen LogP contribution is -2.41. The number of rotatable bonds is 2. The van der Waals surface area contributed by atoms with Crippen LogP contribution in [0, 0.1) is 0 Å². The highest BCUT2D eigenvalue weighted by Gasteiger charge is 2.29. The van der Waals surface area contributed by atoms with Gasteiger partial charge in [-0.3, -0.25) is 0 Å². The van der Waals surface area contributed by atoms with Crippen LogP contribution in [0.3, 0.4) is 0 Å². The topological polar surface area (TPSA) is 12.0 Å². The first-order chi connectivity index (χ1) is 4.77. The molecule has 0 aromatic carbocycles. The fourth-order valence-corrected chi connectivity index (χ4v) is 1.36. The lowest BCUT2D eigenvalue weighted by molar-refractivity contribution is 0.126. The maximum absolute atomic E-state index is 13.4. The molecule has 0 saturated carbocycles. The Morgan fingerprint density at radius 2 is 2.50 bits per heavy atom. The van der Waals surface area contributed by atoms with Crippen molar-refractivity contribution in [1.82, 2.24) is 5.32 Å². The summed E-state index contributed by atoms with van der Waals surface area (Å²) in [6.07, 6.45) is 3.78. The molecule has 1 atom stereocenters. The van der Waals surface area contributed by atoms with Gasteiger partial charge in [-0.05, 0) is 19.4 Å². The Hall–Kier alpha value is -0.370. The van der Waals surface area contributed by atoms with Crippen molar-refractivity contribution in [3.8, 4) is 0 Å². The Labute approximate surface area is 61.3 Å². The van der Waals surface area contributed by atoms with E-state index in [-0.39, 0.29) is 0 Å². The highest BCUT2D eigenvalue weighted by molar-refractivity contribution is 4.91. The first-order valence-corrected chi connectivity index (χ1v) is 3.77. The highest BCUT2D eigenvalue weighted by Crippen LogP contribution is 2.24. The minimum absolute atomic E-state index is 0.486. The zero-order chi connectivity index (χ0) is 7.45. The van der Waals surface area contributed by atoms with Gasteiger partial charge in [-0.1, -0.05) is 6.08 Å². The number of piperidine rings is 1. The fourth-order valence-electron chi connectivity index (χ4n) is 1.36. The third kappa shape index (κ3) is 1.81. The summed E-state index contributed by atoms with van der Waals surface area (Å²) in [7, 11) is 0. The van der Waals surface area contributed by atoms with Crippen LogP contribution in [-0.4, -0.2) is 18.8 Å². The van der Waals surface area contributed by atoms with Gasteiger partial charge in [0.25, 0.3) is 0 Å². The van der Waals surface area contributed by atoms with E-state index in [9.17, 15) is 4.39 Å². The SMILES string of the molecule is C=CCC1(F)CCCNC1. The van der Waals surface area contributed by atoms with E-state index in [0.717, 1.165) is 13.0 Å². The molecular weight excluding hydrogens is 129 g/mol. The van der Waals surface area contributed by atoms with Crippen LogP contribution in [0.15, 0.2) is 12.7 Å². The number of halogens is 1. The third-order valence-corrected chi connectivity index (χ3v) is 1.93. The molecule has 58 valence electrons. The largest absolute Gasteiger partial charge is 0.314 e. The van der Waals surface area contributed by atoms with Crippen LogP contribution < -0.4 is 5.32 Å². The molecule has 0 bridgehead atoms. The van der Waals surface area contributed by atoms with Crippen LogP contribution in [0.4, 0.5) is 4.39 Å². The zero-order valence-corrected chi connectivity index (χ0v) is 6.20. The van der Waals surface area contributed by atoms with Gasteiger partial charge in [-0.15, -0.1) is 6.58 Å². The molecule has 1 unspecified atom stereocenters. The predicted octanol–water partition coefficient (Wildman–Crippen LogP) is 1.65. The fraction of sp³-hybridized carbons (Fsp3) is 0.750. The van der Waals surface area contributed by atoms with E-state index in [0.29, 0.717) is 19.4 Å². The van der Waals surface area contributed by atoms with Gasteiger partial charge in [0, 0.05) is 13.0 Å². The van der Waals surface area contributed by atoms with Gasteiger partial charge in [-0.2, -0.15) is 0 Å². The van der Waals surface area contributed by atoms with E-state index in [2.05, 4.69) is 11.9 Å². The number of hydrogen-bond acceptors (Lipinski definition) is 1. The van der Waals surface area contributed by atoms with Crippen LogP contribution >= 0.6 is 0 Å². The Balaban J connectivity index is 2.39. The molecule has 10 heavy (non-hydrogen) atoms. The quantitative estimate of drug-likeness (QED) is 0.580. The van der Waals surface area contributed by atoms with Crippen molar-refractivity contribution in [2.24, 2.45) is 0 Å². The second-order valence-electron chi connectivity index (χ2n) is 2.92. The molecule has 0 radical (unpaired) electrons. The van der Waals surface area contributed by atoms with Crippen molar-refractivity contribution in [3.63, 3.8) is 0 Å². The number of nitrogens with one attached hydrogen (secondary N) is 1. The Morgan fingerprint density at radius 1 is 1.70 bits per heavy atom. The molecule has 0 aliphatic carbocycles. The molecule has 1 fully saturated rings. The lowest BCUT2D eigenvalue weighted by atomic mass is 9.93. The number of hydrogen-bond donors (Lipinski definition) is 1. The standard InChI is InChI=1S/C8H14FN/c1-2-4-8(9)5-3-6-10-7-8/h2,10H,1,3-7H2. The molecular formula is C8H14FN. The predicted molar refractivity (Wildman–Crippen MR) is 40.8 cm³/mol. The van der Waals surface area contributed by atoms with E-state index < -0.39 is 5.67 Å². The van der Waals surface area contributed by atoms with Crippen molar-refractivity contribution in [1.29, 1.82) is 0 Å². The van der Waals surface area contributed by atoms with Crippen LogP contribution in [0.25, 0.3) is 0 Å². The summed E-state index contributed by atoms with van der Waals surface area (Å²) < 4.78 is 13.4. The maximum Gasteiger partial charge on any atom is 0.126 e. The molecule has 1 rings (SSSR count). The normalized spacial score (nSPS) is 33.7. The molecule has 0 aromatic rings. The van der Waals surface area contributed by atoms with Gasteiger partial charge in [0.15, 0.2) is 0 Å². The summed E-state index contributed by atoms with van der Waals surface area (Å²) in [5.41, 5.74) is -1.000. The van der Waals surface area contributed by atoms with E-state index in [1.54, 1.807) is 6.08 Å². The zero-order valence-electron chi connectivity index (χ0n) is 6.20. The highest BCUT2D eigenvalue weighted by atomic mass is 19.1. The summed E-state index contributed by atoms with van der Waals surface area (Å²) in [5.74, 6) is 0. The van der Waals surface area contributed by atoms with Gasteiger partial charge in [0.1, 0.15) is 5.67 Å². The molecule has 1 N–H and O–H groups in total. The van der Waals surface area contributed by atoms with E-state index in [4.69, 9.17) is 0 Å². The first-order valence-electron chi connectivity index (χ1n) is 3.77. The maximum atomic E-state index is 13.4. The third-order valence-electron chi connectivity index (χ3n) is 1.93. The van der Waals surface area contributed by atoms with Crippen molar-refractivity contribution >= 4 is 0 Å². The second-order valence-corrected chi connectivity index (χ2v) is 2.92. The molecule has 0 aromatic heterocycles. The Bertz CT molecular complexity index is 116. The Morgan fingerprint density at radius 3 is 3.00 bits per heavy atom. The smallest absolute Gasteiger partial charge is 0.126 e. The summed E-state index contributed by atoms with van der Waals surface area (Å²) in [4.78, 5) is 0. The van der Waals surface area contributed by atoms with Gasteiger partial charge in [0.2, 0.25) is 0 Å². The summed E-state index contributed by atoms with van der Waals surface area (Å²) in [6.45, 7) is 4.99. The van der Waals surface area contributed by atoms with Crippen LogP contribution in [0.5, 0.6) is 0 Å². The lowest BCUT2D eigenvalue weighted by Gasteiger charge is -2.28. The van der Waals surface area contributed by atoms with Crippen LogP contribution in [-0.2, 0) is 0 Å². The molecule has 2 heteroatoms. The number of allylic oxidation sites excluding steroid dienone is 1. The summed E-state index contributed by atoms with van der Waals surface area (Å²) >= 11 is 0. The number of alkyl halides is 1. The summed E-state index contributed by atoms with van der Waals surface area (Å²) in [6, 6.07) is 0. The minimum Gasteiger partial charge on any atom is -0.314 e. The van der Waals surface area contributed by atoms with Crippen LogP contribution in [0.1, 0.15) is 19.3 Å². The summed E-state index contributed by atoms with van der Waals surface area (Å²) in [5, 5.41) is 3.04. The van der Waals surface area contributed by atoms with Crippen molar-refractivity contribution in [3.05, 3.63) is 12.7 Å². The monoisotopic (exact) mass is 143 g/mol. The van der Waals surface area contributed by atoms with Gasteiger partial charge < -0.3 is 5.32 Å². The van der Waals surface area contributed by atoms with E-state index >= 15 is 0 Å². The minimum atomic E-state index is -1.000.